The lowest BCUT2D eigenvalue weighted by Crippen LogP contribution is -2.31. The van der Waals surface area contributed by atoms with E-state index in [1.54, 1.807) is 14.2 Å². The normalized spacial score (nSPS) is 29.4. The van der Waals surface area contributed by atoms with Crippen LogP contribution in [0.1, 0.15) is 44.3 Å². The monoisotopic (exact) mass is 367 g/mol. The molecule has 3 aliphatic rings. The highest BCUT2D eigenvalue weighted by Crippen LogP contribution is 2.48. The molecule has 2 aliphatic carbocycles. The Morgan fingerprint density at radius 2 is 1.70 bits per heavy atom. The van der Waals surface area contributed by atoms with E-state index in [-0.39, 0.29) is 0 Å². The molecule has 27 heavy (non-hydrogen) atoms. The van der Waals surface area contributed by atoms with E-state index in [0.29, 0.717) is 0 Å². The Morgan fingerprint density at radius 3 is 2.44 bits per heavy atom. The molecule has 0 radical (unpaired) electrons. The predicted octanol–water partition coefficient (Wildman–Crippen LogP) is 4.35. The molecule has 3 atom stereocenters. The highest BCUT2D eigenvalue weighted by Gasteiger charge is 2.38. The minimum atomic E-state index is 0.721. The summed E-state index contributed by atoms with van der Waals surface area (Å²) in [5, 5.41) is 4.86. The molecule has 5 heteroatoms. The van der Waals surface area contributed by atoms with Crippen molar-refractivity contribution in [3.63, 3.8) is 0 Å². The molecular weight excluding hydrogens is 338 g/mol. The Balaban J connectivity index is 1.36. The van der Waals surface area contributed by atoms with E-state index >= 15 is 0 Å². The van der Waals surface area contributed by atoms with Crippen molar-refractivity contribution in [2.24, 2.45) is 23.7 Å². The molecule has 2 saturated carbocycles. The summed E-state index contributed by atoms with van der Waals surface area (Å²) in [4.78, 5) is 4.83. The Hall–Kier alpha value is -2.04. The lowest BCUT2D eigenvalue weighted by Gasteiger charge is -2.35. The predicted molar refractivity (Wildman–Crippen MR) is 104 cm³/mol. The van der Waals surface area contributed by atoms with Crippen molar-refractivity contribution in [2.75, 3.05) is 14.2 Å². The number of aryl methyl sites for hydroxylation is 1. The molecule has 2 bridgehead atoms. The number of hydrogen-bond acceptors (Lipinski definition) is 4. The van der Waals surface area contributed by atoms with E-state index < -0.39 is 0 Å². The largest absolute Gasteiger partial charge is 0.493 e. The van der Waals surface area contributed by atoms with Crippen molar-refractivity contribution < 1.29 is 9.47 Å². The summed E-state index contributed by atoms with van der Waals surface area (Å²) in [5.74, 6) is 7.08. The summed E-state index contributed by atoms with van der Waals surface area (Å²) < 4.78 is 13.0. The van der Waals surface area contributed by atoms with Crippen LogP contribution in [0.3, 0.4) is 0 Å². The molecule has 144 valence electrons. The molecule has 1 aromatic heterocycles. The van der Waals surface area contributed by atoms with Crippen molar-refractivity contribution in [2.45, 2.75) is 51.5 Å². The Kier molecular flexibility index (Phi) is 4.33. The highest BCUT2D eigenvalue weighted by molar-refractivity contribution is 5.61. The third kappa shape index (κ3) is 3.11. The molecule has 2 heterocycles. The quantitative estimate of drug-likeness (QED) is 0.806. The summed E-state index contributed by atoms with van der Waals surface area (Å²) >= 11 is 0. The molecule has 0 spiro atoms. The van der Waals surface area contributed by atoms with Crippen LogP contribution in [0.15, 0.2) is 18.2 Å². The minimum Gasteiger partial charge on any atom is -0.493 e. The second-order valence-corrected chi connectivity index (χ2v) is 8.68. The summed E-state index contributed by atoms with van der Waals surface area (Å²) in [5.41, 5.74) is 0.988. The van der Waals surface area contributed by atoms with E-state index in [4.69, 9.17) is 19.6 Å². The number of methoxy groups -OCH3 is 2. The van der Waals surface area contributed by atoms with Crippen LogP contribution in [0.4, 0.5) is 0 Å². The Bertz CT molecular complexity index is 819. The van der Waals surface area contributed by atoms with Crippen LogP contribution in [0, 0.1) is 23.7 Å². The maximum Gasteiger partial charge on any atom is 0.181 e. The zero-order valence-corrected chi connectivity index (χ0v) is 16.4. The zero-order valence-electron chi connectivity index (χ0n) is 16.4. The van der Waals surface area contributed by atoms with Crippen LogP contribution < -0.4 is 9.47 Å². The zero-order chi connectivity index (χ0) is 18.4. The van der Waals surface area contributed by atoms with Crippen LogP contribution in [0.25, 0.3) is 11.4 Å². The van der Waals surface area contributed by atoms with Crippen molar-refractivity contribution in [1.82, 2.24) is 14.8 Å². The first kappa shape index (κ1) is 17.1. The van der Waals surface area contributed by atoms with Gasteiger partial charge < -0.3 is 9.47 Å². The molecule has 5 rings (SSSR count). The fourth-order valence-electron chi connectivity index (χ4n) is 5.76. The van der Waals surface area contributed by atoms with Gasteiger partial charge in [-0.1, -0.05) is 12.8 Å². The van der Waals surface area contributed by atoms with Gasteiger partial charge in [-0.3, -0.25) is 0 Å². The molecular formula is C22H29N3O2. The molecule has 0 saturated heterocycles. The molecule has 2 aromatic rings. The fourth-order valence-corrected chi connectivity index (χ4v) is 5.76. The van der Waals surface area contributed by atoms with Gasteiger partial charge in [0.15, 0.2) is 17.3 Å². The molecule has 2 fully saturated rings. The topological polar surface area (TPSA) is 49.2 Å². The first-order chi connectivity index (χ1) is 13.2. The van der Waals surface area contributed by atoms with Crippen LogP contribution in [-0.4, -0.2) is 29.0 Å². The minimum absolute atomic E-state index is 0.721. The summed E-state index contributed by atoms with van der Waals surface area (Å²) in [6.45, 7) is 1.04. The third-order valence-corrected chi connectivity index (χ3v) is 7.12. The lowest BCUT2D eigenvalue weighted by molar-refractivity contribution is 0.150. The number of hydrogen-bond donors (Lipinski definition) is 0. The first-order valence-corrected chi connectivity index (χ1v) is 10.4. The van der Waals surface area contributed by atoms with Crippen molar-refractivity contribution >= 4 is 0 Å². The number of nitrogens with zero attached hydrogens (tertiary/aromatic N) is 3. The van der Waals surface area contributed by atoms with Gasteiger partial charge >= 0.3 is 0 Å². The van der Waals surface area contributed by atoms with Gasteiger partial charge in [0, 0.05) is 18.5 Å². The van der Waals surface area contributed by atoms with Gasteiger partial charge in [-0.25, -0.2) is 9.67 Å². The summed E-state index contributed by atoms with van der Waals surface area (Å²) in [6.07, 6.45) is 9.69. The van der Waals surface area contributed by atoms with E-state index in [1.807, 2.05) is 18.2 Å². The van der Waals surface area contributed by atoms with Crippen molar-refractivity contribution in [3.8, 4) is 22.9 Å². The molecule has 1 aromatic carbocycles. The highest BCUT2D eigenvalue weighted by atomic mass is 16.5. The summed E-state index contributed by atoms with van der Waals surface area (Å²) in [6, 6.07) is 5.91. The van der Waals surface area contributed by atoms with Crippen LogP contribution in [0.2, 0.25) is 0 Å². The van der Waals surface area contributed by atoms with Gasteiger partial charge in [0.05, 0.1) is 14.2 Å². The van der Waals surface area contributed by atoms with Crippen LogP contribution in [-0.2, 0) is 13.0 Å². The molecule has 0 amide bonds. The van der Waals surface area contributed by atoms with E-state index in [1.165, 1.54) is 38.5 Å². The standard InChI is InChI=1S/C22H29N3O2/c1-26-19-7-5-16(12-20(19)27-2)22-23-21-8-6-17(13-25(21)24-22)18-10-14-3-4-15(9-14)11-18/h5,7,12,14-15,17-18H,3-4,6,8-11,13H2,1-2H3. The lowest BCUT2D eigenvalue weighted by atomic mass is 9.72. The average Bonchev–Trinajstić information content (AvgIpc) is 3.29. The molecule has 0 N–H and O–H groups in total. The maximum absolute atomic E-state index is 5.44. The van der Waals surface area contributed by atoms with Gasteiger partial charge in [-0.05, 0) is 67.6 Å². The molecule has 1 aliphatic heterocycles. The van der Waals surface area contributed by atoms with Gasteiger partial charge in [-0.2, -0.15) is 5.10 Å². The number of benzene rings is 1. The van der Waals surface area contributed by atoms with Gasteiger partial charge in [0.25, 0.3) is 0 Å². The van der Waals surface area contributed by atoms with Crippen LogP contribution in [0.5, 0.6) is 11.5 Å². The summed E-state index contributed by atoms with van der Waals surface area (Å²) in [7, 11) is 3.32. The average molecular weight is 367 g/mol. The number of rotatable bonds is 4. The van der Waals surface area contributed by atoms with Gasteiger partial charge in [0.1, 0.15) is 5.82 Å². The van der Waals surface area contributed by atoms with Gasteiger partial charge in [-0.15, -0.1) is 0 Å². The number of aromatic nitrogens is 3. The smallest absolute Gasteiger partial charge is 0.181 e. The first-order valence-electron chi connectivity index (χ1n) is 10.4. The Labute approximate surface area is 161 Å². The van der Waals surface area contributed by atoms with Crippen LogP contribution >= 0.6 is 0 Å². The van der Waals surface area contributed by atoms with E-state index in [2.05, 4.69) is 4.68 Å². The number of fused-ring (bicyclic) bond motifs is 3. The maximum atomic E-state index is 5.44. The number of ether oxygens (including phenoxy) is 2. The van der Waals surface area contributed by atoms with Crippen molar-refractivity contribution in [1.29, 1.82) is 0 Å². The third-order valence-electron chi connectivity index (χ3n) is 7.12. The second kappa shape index (κ2) is 6.84. The Morgan fingerprint density at radius 1 is 0.926 bits per heavy atom. The van der Waals surface area contributed by atoms with E-state index in [0.717, 1.165) is 65.3 Å². The van der Waals surface area contributed by atoms with Gasteiger partial charge in [0.2, 0.25) is 0 Å². The second-order valence-electron chi connectivity index (χ2n) is 8.68. The molecule has 3 unspecified atom stereocenters. The van der Waals surface area contributed by atoms with Crippen molar-refractivity contribution in [3.05, 3.63) is 24.0 Å². The van der Waals surface area contributed by atoms with E-state index in [9.17, 15) is 0 Å². The fraction of sp³-hybridized carbons (Fsp3) is 0.636. The SMILES string of the molecule is COc1ccc(-c2nc3n(n2)CC(C2CC4CCC(C4)C2)CC3)cc1OC. The molecule has 5 nitrogen and oxygen atoms in total.